The number of nitrogens with one attached hydrogen (secondary N) is 1. The standard InChI is InChI=1S/C19H26N2OS/c1-14-7-8-15(18(2,3)4)11-16(14)23-12-17(22)21-19(13-20)9-5-6-10-19/h7-8,11H,5-6,9-10,12H2,1-4H3,(H,21,22). The summed E-state index contributed by atoms with van der Waals surface area (Å²) < 4.78 is 0. The first-order valence-corrected chi connectivity index (χ1v) is 9.20. The topological polar surface area (TPSA) is 52.9 Å². The molecule has 0 atom stereocenters. The molecule has 0 heterocycles. The van der Waals surface area contributed by atoms with Crippen molar-refractivity contribution in [3.63, 3.8) is 0 Å². The zero-order valence-electron chi connectivity index (χ0n) is 14.5. The largest absolute Gasteiger partial charge is 0.337 e. The molecule has 2 rings (SSSR count). The van der Waals surface area contributed by atoms with Crippen molar-refractivity contribution in [2.75, 3.05) is 5.75 Å². The van der Waals surface area contributed by atoms with Gasteiger partial charge in [-0.3, -0.25) is 4.79 Å². The number of aryl methyl sites for hydroxylation is 1. The van der Waals surface area contributed by atoms with Crippen molar-refractivity contribution in [2.24, 2.45) is 0 Å². The van der Waals surface area contributed by atoms with Crippen LogP contribution < -0.4 is 5.32 Å². The molecule has 1 aromatic carbocycles. The van der Waals surface area contributed by atoms with Gasteiger partial charge in [-0.25, -0.2) is 0 Å². The maximum absolute atomic E-state index is 12.2. The third-order valence-corrected chi connectivity index (χ3v) is 5.62. The van der Waals surface area contributed by atoms with Gasteiger partial charge < -0.3 is 5.32 Å². The zero-order chi connectivity index (χ0) is 17.1. The van der Waals surface area contributed by atoms with Crippen LogP contribution in [0.4, 0.5) is 0 Å². The number of hydrogen-bond acceptors (Lipinski definition) is 3. The van der Waals surface area contributed by atoms with E-state index in [1.807, 2.05) is 0 Å². The van der Waals surface area contributed by atoms with Gasteiger partial charge in [0, 0.05) is 4.90 Å². The summed E-state index contributed by atoms with van der Waals surface area (Å²) in [4.78, 5) is 13.4. The van der Waals surface area contributed by atoms with E-state index < -0.39 is 5.54 Å². The van der Waals surface area contributed by atoms with Crippen LogP contribution in [0.3, 0.4) is 0 Å². The summed E-state index contributed by atoms with van der Waals surface area (Å²) in [5.41, 5.74) is 1.93. The van der Waals surface area contributed by atoms with Crippen molar-refractivity contribution in [1.82, 2.24) is 5.32 Å². The Morgan fingerprint density at radius 3 is 2.57 bits per heavy atom. The molecule has 0 spiro atoms. The lowest BCUT2D eigenvalue weighted by molar-refractivity contribution is -0.119. The molecule has 1 fully saturated rings. The summed E-state index contributed by atoms with van der Waals surface area (Å²) in [5, 5.41) is 12.3. The fourth-order valence-corrected chi connectivity index (χ4v) is 3.78. The number of thioether (sulfide) groups is 1. The number of nitriles is 1. The van der Waals surface area contributed by atoms with Gasteiger partial charge in [0.15, 0.2) is 0 Å². The van der Waals surface area contributed by atoms with Gasteiger partial charge in [0.2, 0.25) is 5.91 Å². The van der Waals surface area contributed by atoms with Crippen molar-refractivity contribution >= 4 is 17.7 Å². The Bertz CT molecular complexity index is 619. The molecule has 1 amide bonds. The second-order valence-electron chi connectivity index (χ2n) is 7.47. The second kappa shape index (κ2) is 6.97. The SMILES string of the molecule is Cc1ccc(C(C)(C)C)cc1SCC(=O)NC1(C#N)CCCC1. The van der Waals surface area contributed by atoms with Gasteiger partial charge in [-0.05, 0) is 55.2 Å². The van der Waals surface area contributed by atoms with Gasteiger partial charge in [0.05, 0.1) is 11.8 Å². The predicted molar refractivity (Wildman–Crippen MR) is 95.6 cm³/mol. The molecule has 1 aliphatic carbocycles. The minimum Gasteiger partial charge on any atom is -0.337 e. The van der Waals surface area contributed by atoms with Gasteiger partial charge in [0.25, 0.3) is 0 Å². The molecule has 1 N–H and O–H groups in total. The smallest absolute Gasteiger partial charge is 0.231 e. The Hall–Kier alpha value is -1.47. The third kappa shape index (κ3) is 4.51. The van der Waals surface area contributed by atoms with Gasteiger partial charge >= 0.3 is 0 Å². The molecule has 3 nitrogen and oxygen atoms in total. The highest BCUT2D eigenvalue weighted by atomic mass is 32.2. The summed E-state index contributed by atoms with van der Waals surface area (Å²) >= 11 is 1.56. The summed E-state index contributed by atoms with van der Waals surface area (Å²) in [6.07, 6.45) is 3.60. The maximum atomic E-state index is 12.2. The summed E-state index contributed by atoms with van der Waals surface area (Å²) in [7, 11) is 0. The second-order valence-corrected chi connectivity index (χ2v) is 8.49. The molecule has 1 aliphatic rings. The lowest BCUT2D eigenvalue weighted by atomic mass is 9.87. The van der Waals surface area contributed by atoms with E-state index in [1.165, 1.54) is 11.1 Å². The van der Waals surface area contributed by atoms with Crippen molar-refractivity contribution in [2.45, 2.75) is 69.2 Å². The Balaban J connectivity index is 2.00. The van der Waals surface area contributed by atoms with Gasteiger partial charge in [-0.15, -0.1) is 11.8 Å². The van der Waals surface area contributed by atoms with Gasteiger partial charge in [-0.1, -0.05) is 32.9 Å². The first-order chi connectivity index (χ1) is 10.8. The Kier molecular flexibility index (Phi) is 5.41. The molecular formula is C19H26N2OS. The number of benzene rings is 1. The lowest BCUT2D eigenvalue weighted by Gasteiger charge is -2.22. The molecular weight excluding hydrogens is 304 g/mol. The number of rotatable bonds is 4. The normalized spacial score (nSPS) is 16.8. The zero-order valence-corrected chi connectivity index (χ0v) is 15.3. The van der Waals surface area contributed by atoms with E-state index in [-0.39, 0.29) is 11.3 Å². The van der Waals surface area contributed by atoms with Crippen LogP contribution >= 0.6 is 11.8 Å². The maximum Gasteiger partial charge on any atom is 0.231 e. The third-order valence-electron chi connectivity index (χ3n) is 4.46. The number of hydrogen-bond donors (Lipinski definition) is 1. The molecule has 4 heteroatoms. The molecule has 0 saturated heterocycles. The van der Waals surface area contributed by atoms with Crippen molar-refractivity contribution in [3.8, 4) is 6.07 Å². The van der Waals surface area contributed by atoms with Crippen molar-refractivity contribution in [3.05, 3.63) is 29.3 Å². The van der Waals surface area contributed by atoms with Crippen LogP contribution in [0.25, 0.3) is 0 Å². The summed E-state index contributed by atoms with van der Waals surface area (Å²) in [6, 6.07) is 8.76. The highest BCUT2D eigenvalue weighted by molar-refractivity contribution is 8.00. The lowest BCUT2D eigenvalue weighted by Crippen LogP contribution is -2.45. The quantitative estimate of drug-likeness (QED) is 0.836. The van der Waals surface area contributed by atoms with E-state index in [9.17, 15) is 10.1 Å². The highest BCUT2D eigenvalue weighted by Gasteiger charge is 2.35. The number of carbonyl (C=O) groups is 1. The van der Waals surface area contributed by atoms with E-state index in [0.29, 0.717) is 5.75 Å². The van der Waals surface area contributed by atoms with E-state index in [0.717, 1.165) is 30.6 Å². The van der Waals surface area contributed by atoms with Crippen LogP contribution in [0.2, 0.25) is 0 Å². The van der Waals surface area contributed by atoms with Crippen LogP contribution in [0.1, 0.15) is 57.6 Å². The molecule has 0 aliphatic heterocycles. The predicted octanol–water partition coefficient (Wildman–Crippen LogP) is 4.34. The van der Waals surface area contributed by atoms with E-state index in [2.05, 4.69) is 57.3 Å². The molecule has 0 aromatic heterocycles. The van der Waals surface area contributed by atoms with Crippen molar-refractivity contribution < 1.29 is 4.79 Å². The molecule has 0 unspecified atom stereocenters. The molecule has 0 bridgehead atoms. The van der Waals surface area contributed by atoms with Crippen LogP contribution in [0, 0.1) is 18.3 Å². The molecule has 124 valence electrons. The fourth-order valence-electron chi connectivity index (χ4n) is 2.91. The Morgan fingerprint density at radius 1 is 1.35 bits per heavy atom. The van der Waals surface area contributed by atoms with Crippen LogP contribution in [-0.4, -0.2) is 17.2 Å². The number of amides is 1. The summed E-state index contributed by atoms with van der Waals surface area (Å²) in [6.45, 7) is 8.64. The molecule has 1 aromatic rings. The Labute approximate surface area is 143 Å². The van der Waals surface area contributed by atoms with Crippen LogP contribution in [-0.2, 0) is 10.2 Å². The van der Waals surface area contributed by atoms with Gasteiger partial charge in [0.1, 0.15) is 5.54 Å². The van der Waals surface area contributed by atoms with Crippen LogP contribution in [0.5, 0.6) is 0 Å². The first-order valence-electron chi connectivity index (χ1n) is 8.22. The minimum atomic E-state index is -0.625. The molecule has 0 radical (unpaired) electrons. The molecule has 23 heavy (non-hydrogen) atoms. The van der Waals surface area contributed by atoms with E-state index in [1.54, 1.807) is 11.8 Å². The molecule has 1 saturated carbocycles. The highest BCUT2D eigenvalue weighted by Crippen LogP contribution is 2.31. The van der Waals surface area contributed by atoms with Gasteiger partial charge in [-0.2, -0.15) is 5.26 Å². The number of nitrogens with zero attached hydrogens (tertiary/aromatic N) is 1. The Morgan fingerprint density at radius 2 is 2.00 bits per heavy atom. The number of carbonyl (C=O) groups excluding carboxylic acids is 1. The monoisotopic (exact) mass is 330 g/mol. The van der Waals surface area contributed by atoms with E-state index >= 15 is 0 Å². The van der Waals surface area contributed by atoms with Crippen LogP contribution in [0.15, 0.2) is 23.1 Å². The van der Waals surface area contributed by atoms with E-state index in [4.69, 9.17) is 0 Å². The first kappa shape index (κ1) is 17.9. The fraction of sp³-hybridized carbons (Fsp3) is 0.579. The average Bonchev–Trinajstić information content (AvgIpc) is 2.94. The minimum absolute atomic E-state index is 0.0426. The average molecular weight is 330 g/mol. The van der Waals surface area contributed by atoms with Crippen molar-refractivity contribution in [1.29, 1.82) is 5.26 Å². The summed E-state index contributed by atoms with van der Waals surface area (Å²) in [5.74, 6) is 0.316.